The maximum absolute atomic E-state index is 12.5. The number of piperazine rings is 1. The highest BCUT2D eigenvalue weighted by molar-refractivity contribution is 5.88. The number of ether oxygens (including phenoxy) is 1. The van der Waals surface area contributed by atoms with Crippen LogP contribution in [0, 0.1) is 0 Å². The van der Waals surface area contributed by atoms with E-state index in [1.54, 1.807) is 18.7 Å². The van der Waals surface area contributed by atoms with Crippen molar-refractivity contribution >= 4 is 11.9 Å². The molecule has 2 rings (SSSR count). The molecule has 0 unspecified atom stereocenters. The maximum Gasteiger partial charge on any atom is 0.328 e. The minimum Gasteiger partial charge on any atom is -0.464 e. The molecule has 0 spiro atoms. The summed E-state index contributed by atoms with van der Waals surface area (Å²) in [7, 11) is 0. The van der Waals surface area contributed by atoms with Gasteiger partial charge in [0, 0.05) is 13.1 Å². The van der Waals surface area contributed by atoms with Gasteiger partial charge >= 0.3 is 5.97 Å². The van der Waals surface area contributed by atoms with E-state index in [0.717, 1.165) is 5.56 Å². The quantitative estimate of drug-likeness (QED) is 0.821. The Hall–Kier alpha value is -1.88. The number of rotatable bonds is 5. The van der Waals surface area contributed by atoms with Crippen LogP contribution >= 0.6 is 0 Å². The molecule has 1 saturated heterocycles. The van der Waals surface area contributed by atoms with E-state index in [0.29, 0.717) is 26.1 Å². The number of carbonyl (C=O) groups excluding carboxylic acids is 2. The lowest BCUT2D eigenvalue weighted by atomic mass is 10.0. The average Bonchev–Trinajstić information content (AvgIpc) is 2.50. The molecule has 1 aromatic rings. The molecule has 1 N–H and O–H groups in total. The van der Waals surface area contributed by atoms with Crippen molar-refractivity contribution in [1.82, 2.24) is 10.2 Å². The maximum atomic E-state index is 12.5. The molecular formula is C16H22N2O3. The standard InChI is InChI=1S/C16H22N2O3/c1-3-21-16(20)12(2)18-10-9-17-14(15(18)19)11-13-7-5-4-6-8-13/h4-8,12,14,17H,3,9-11H2,1-2H3/t12-,14-/m0/s1. The number of nitrogens with one attached hydrogen (secondary N) is 1. The van der Waals surface area contributed by atoms with Gasteiger partial charge in [-0.1, -0.05) is 30.3 Å². The van der Waals surface area contributed by atoms with Crippen LogP contribution in [0.15, 0.2) is 30.3 Å². The summed E-state index contributed by atoms with van der Waals surface area (Å²) in [6, 6.07) is 9.07. The number of carbonyl (C=O) groups is 2. The normalized spacial score (nSPS) is 20.2. The second-order valence-electron chi connectivity index (χ2n) is 5.16. The molecule has 0 saturated carbocycles. The van der Waals surface area contributed by atoms with E-state index in [2.05, 4.69) is 5.32 Å². The van der Waals surface area contributed by atoms with Crippen molar-refractivity contribution in [3.05, 3.63) is 35.9 Å². The Morgan fingerprint density at radius 3 is 2.81 bits per heavy atom. The van der Waals surface area contributed by atoms with E-state index in [1.165, 1.54) is 0 Å². The van der Waals surface area contributed by atoms with Crippen LogP contribution < -0.4 is 5.32 Å². The van der Waals surface area contributed by atoms with Gasteiger partial charge < -0.3 is 15.0 Å². The zero-order valence-corrected chi connectivity index (χ0v) is 12.5. The van der Waals surface area contributed by atoms with Gasteiger partial charge in [-0.15, -0.1) is 0 Å². The zero-order chi connectivity index (χ0) is 15.2. The second-order valence-corrected chi connectivity index (χ2v) is 5.16. The number of benzene rings is 1. The predicted molar refractivity (Wildman–Crippen MR) is 79.7 cm³/mol. The molecule has 0 bridgehead atoms. The Morgan fingerprint density at radius 1 is 1.43 bits per heavy atom. The third-order valence-corrected chi connectivity index (χ3v) is 3.70. The number of nitrogens with zero attached hydrogens (tertiary/aromatic N) is 1. The van der Waals surface area contributed by atoms with E-state index < -0.39 is 6.04 Å². The summed E-state index contributed by atoms with van der Waals surface area (Å²) < 4.78 is 5.01. The lowest BCUT2D eigenvalue weighted by Crippen LogP contribution is -2.59. The molecule has 1 amide bonds. The average molecular weight is 290 g/mol. The Kier molecular flexibility index (Phi) is 5.33. The van der Waals surface area contributed by atoms with Crippen molar-refractivity contribution in [2.45, 2.75) is 32.4 Å². The predicted octanol–water partition coefficient (Wildman–Crippen LogP) is 0.981. The third kappa shape index (κ3) is 3.82. The van der Waals surface area contributed by atoms with Gasteiger partial charge in [0.15, 0.2) is 0 Å². The Morgan fingerprint density at radius 2 is 2.14 bits per heavy atom. The number of hydrogen-bond acceptors (Lipinski definition) is 4. The number of amides is 1. The molecule has 5 heteroatoms. The Bertz CT molecular complexity index is 490. The van der Waals surface area contributed by atoms with Gasteiger partial charge in [-0.25, -0.2) is 4.79 Å². The minimum absolute atomic E-state index is 0.0364. The first-order valence-corrected chi connectivity index (χ1v) is 7.38. The van der Waals surface area contributed by atoms with Crippen molar-refractivity contribution in [3.8, 4) is 0 Å². The van der Waals surface area contributed by atoms with Crippen LogP contribution in [0.2, 0.25) is 0 Å². The van der Waals surface area contributed by atoms with Crippen molar-refractivity contribution in [1.29, 1.82) is 0 Å². The van der Waals surface area contributed by atoms with Crippen molar-refractivity contribution in [2.24, 2.45) is 0 Å². The summed E-state index contributed by atoms with van der Waals surface area (Å²) >= 11 is 0. The largest absolute Gasteiger partial charge is 0.464 e. The number of esters is 1. The summed E-state index contributed by atoms with van der Waals surface area (Å²) in [4.78, 5) is 26.0. The molecular weight excluding hydrogens is 268 g/mol. The van der Waals surface area contributed by atoms with Gasteiger partial charge in [0.2, 0.25) is 5.91 Å². The molecule has 1 heterocycles. The van der Waals surface area contributed by atoms with Crippen LogP contribution in [0.1, 0.15) is 19.4 Å². The zero-order valence-electron chi connectivity index (χ0n) is 12.5. The monoisotopic (exact) mass is 290 g/mol. The highest BCUT2D eigenvalue weighted by Crippen LogP contribution is 2.12. The summed E-state index contributed by atoms with van der Waals surface area (Å²) in [5, 5.41) is 3.23. The second kappa shape index (κ2) is 7.22. The van der Waals surface area contributed by atoms with E-state index in [1.807, 2.05) is 30.3 Å². The van der Waals surface area contributed by atoms with Crippen LogP contribution in [0.3, 0.4) is 0 Å². The topological polar surface area (TPSA) is 58.6 Å². The van der Waals surface area contributed by atoms with E-state index >= 15 is 0 Å². The van der Waals surface area contributed by atoms with Crippen molar-refractivity contribution in [3.63, 3.8) is 0 Å². The molecule has 21 heavy (non-hydrogen) atoms. The van der Waals surface area contributed by atoms with Crippen LogP contribution in [0.4, 0.5) is 0 Å². The highest BCUT2D eigenvalue weighted by atomic mass is 16.5. The molecule has 1 aromatic carbocycles. The number of hydrogen-bond donors (Lipinski definition) is 1. The lowest BCUT2D eigenvalue weighted by molar-refractivity contribution is -0.155. The first-order valence-electron chi connectivity index (χ1n) is 7.38. The fourth-order valence-corrected chi connectivity index (χ4v) is 2.54. The smallest absolute Gasteiger partial charge is 0.328 e. The van der Waals surface area contributed by atoms with Crippen molar-refractivity contribution < 1.29 is 14.3 Å². The molecule has 0 radical (unpaired) electrons. The van der Waals surface area contributed by atoms with E-state index in [4.69, 9.17) is 4.74 Å². The molecule has 1 aliphatic rings. The van der Waals surface area contributed by atoms with E-state index in [9.17, 15) is 9.59 Å². The molecule has 1 aliphatic heterocycles. The summed E-state index contributed by atoms with van der Waals surface area (Å²) in [6.45, 7) is 5.04. The molecule has 0 aromatic heterocycles. The fraction of sp³-hybridized carbons (Fsp3) is 0.500. The van der Waals surface area contributed by atoms with Gasteiger partial charge in [0.25, 0.3) is 0 Å². The van der Waals surface area contributed by atoms with Crippen LogP contribution in [-0.4, -0.2) is 48.6 Å². The molecule has 0 aliphatic carbocycles. The van der Waals surface area contributed by atoms with E-state index in [-0.39, 0.29) is 17.9 Å². The summed E-state index contributed by atoms with van der Waals surface area (Å²) in [5.74, 6) is -0.378. The third-order valence-electron chi connectivity index (χ3n) is 3.70. The van der Waals surface area contributed by atoms with Gasteiger partial charge in [0.1, 0.15) is 6.04 Å². The molecule has 5 nitrogen and oxygen atoms in total. The lowest BCUT2D eigenvalue weighted by Gasteiger charge is -2.36. The molecule has 1 fully saturated rings. The van der Waals surface area contributed by atoms with Crippen LogP contribution in [0.25, 0.3) is 0 Å². The summed E-state index contributed by atoms with van der Waals surface area (Å²) in [6.07, 6.45) is 0.631. The van der Waals surface area contributed by atoms with Gasteiger partial charge in [-0.3, -0.25) is 4.79 Å². The first-order chi connectivity index (χ1) is 10.1. The van der Waals surface area contributed by atoms with Crippen molar-refractivity contribution in [2.75, 3.05) is 19.7 Å². The van der Waals surface area contributed by atoms with Gasteiger partial charge in [-0.05, 0) is 25.8 Å². The Balaban J connectivity index is 2.02. The summed E-state index contributed by atoms with van der Waals surface area (Å²) in [5.41, 5.74) is 1.11. The first kappa shape index (κ1) is 15.5. The molecule has 2 atom stereocenters. The highest BCUT2D eigenvalue weighted by Gasteiger charge is 2.34. The molecule has 114 valence electrons. The van der Waals surface area contributed by atoms with Gasteiger partial charge in [0.05, 0.1) is 12.6 Å². The van der Waals surface area contributed by atoms with Crippen LogP contribution in [0.5, 0.6) is 0 Å². The Labute approximate surface area is 125 Å². The van der Waals surface area contributed by atoms with Crippen LogP contribution in [-0.2, 0) is 20.7 Å². The SMILES string of the molecule is CCOC(=O)[C@H](C)N1CCN[C@@H](Cc2ccccc2)C1=O. The van der Waals surface area contributed by atoms with Gasteiger partial charge in [-0.2, -0.15) is 0 Å². The fourth-order valence-electron chi connectivity index (χ4n) is 2.54. The minimum atomic E-state index is -0.530.